The number of nitrogens with zero attached hydrogens (tertiary/aromatic N) is 3. The lowest BCUT2D eigenvalue weighted by Crippen LogP contribution is -2.41. The van der Waals surface area contributed by atoms with Crippen LogP contribution in [0.15, 0.2) is 52.2 Å². The number of halogens is 1. The third kappa shape index (κ3) is 1.98. The molecule has 1 atom stereocenters. The van der Waals surface area contributed by atoms with Crippen LogP contribution in [-0.2, 0) is 17.4 Å². The van der Waals surface area contributed by atoms with E-state index in [2.05, 4.69) is 20.9 Å². The quantitative estimate of drug-likeness (QED) is 0.901. The Labute approximate surface area is 131 Å². The molecule has 1 aromatic carbocycles. The van der Waals surface area contributed by atoms with Gasteiger partial charge in [0.1, 0.15) is 0 Å². The average Bonchev–Trinajstić information content (AvgIpc) is 2.97. The van der Waals surface area contributed by atoms with Crippen molar-refractivity contribution in [1.29, 1.82) is 0 Å². The highest BCUT2D eigenvalue weighted by atomic mass is 79.9. The van der Waals surface area contributed by atoms with Crippen LogP contribution in [0.5, 0.6) is 0 Å². The summed E-state index contributed by atoms with van der Waals surface area (Å²) in [4.78, 5) is 18.8. The number of hydrogen-bond donors (Lipinski definition) is 1. The second kappa shape index (κ2) is 4.73. The predicted octanol–water partition coefficient (Wildman–Crippen LogP) is 1.82. The summed E-state index contributed by atoms with van der Waals surface area (Å²) in [6.07, 6.45) is 3.79. The number of aromatic nitrogens is 1. The molecule has 3 rings (SSSR count). The molecule has 2 aromatic rings. The molecule has 108 valence electrons. The molecule has 6 heteroatoms. The maximum absolute atomic E-state index is 12.9. The van der Waals surface area contributed by atoms with E-state index >= 15 is 0 Å². The zero-order valence-electron chi connectivity index (χ0n) is 11.7. The third-order valence-electron chi connectivity index (χ3n) is 3.73. The van der Waals surface area contributed by atoms with E-state index in [0.29, 0.717) is 0 Å². The smallest absolute Gasteiger partial charge is 0.266 e. The zero-order valence-corrected chi connectivity index (χ0v) is 13.3. The fourth-order valence-corrected chi connectivity index (χ4v) is 3.01. The first-order valence-corrected chi connectivity index (χ1v) is 7.26. The van der Waals surface area contributed by atoms with Crippen LogP contribution in [0.2, 0.25) is 0 Å². The molecule has 1 aromatic heterocycles. The Morgan fingerprint density at radius 2 is 2.00 bits per heavy atom. The van der Waals surface area contributed by atoms with Crippen molar-refractivity contribution in [1.82, 2.24) is 9.47 Å². The molecule has 1 unspecified atom stereocenters. The van der Waals surface area contributed by atoms with Gasteiger partial charge in [-0.2, -0.15) is 0 Å². The molecular formula is C15H15BrN4O. The number of nitrogens with two attached hydrogens (primary N) is 1. The molecule has 0 radical (unpaired) electrons. The van der Waals surface area contributed by atoms with E-state index < -0.39 is 5.54 Å². The lowest BCUT2D eigenvalue weighted by atomic mass is 9.84. The first-order valence-electron chi connectivity index (χ1n) is 6.47. The molecule has 0 spiro atoms. The molecule has 0 saturated carbocycles. The van der Waals surface area contributed by atoms with Crippen LogP contribution in [-0.4, -0.2) is 28.4 Å². The SMILES string of the molecule is CN1C(=O)C(c2cccc(Br)c2)(c2ccn(C)c2)N=C1N. The van der Waals surface area contributed by atoms with E-state index in [1.54, 1.807) is 7.05 Å². The van der Waals surface area contributed by atoms with E-state index in [1.807, 2.05) is 54.3 Å². The number of aryl methyl sites for hydroxylation is 1. The van der Waals surface area contributed by atoms with Gasteiger partial charge in [-0.3, -0.25) is 9.69 Å². The summed E-state index contributed by atoms with van der Waals surface area (Å²) in [7, 11) is 3.55. The number of carbonyl (C=O) groups excluding carboxylic acids is 1. The van der Waals surface area contributed by atoms with Crippen molar-refractivity contribution in [2.45, 2.75) is 5.54 Å². The standard InChI is InChI=1S/C15H15BrN4O/c1-19-7-6-11(9-19)15(10-4-3-5-12(16)8-10)13(21)20(2)14(17)18-15/h3-9H,1-2H3,(H2,17,18). The van der Waals surface area contributed by atoms with Gasteiger partial charge in [0.25, 0.3) is 5.91 Å². The van der Waals surface area contributed by atoms with Gasteiger partial charge in [0.15, 0.2) is 11.5 Å². The molecule has 0 fully saturated rings. The van der Waals surface area contributed by atoms with Crippen molar-refractivity contribution < 1.29 is 4.79 Å². The first kappa shape index (κ1) is 13.9. The van der Waals surface area contributed by atoms with E-state index in [0.717, 1.165) is 15.6 Å². The zero-order chi connectivity index (χ0) is 15.2. The summed E-state index contributed by atoms with van der Waals surface area (Å²) in [6.45, 7) is 0. The molecule has 2 heterocycles. The Morgan fingerprint density at radius 3 is 2.52 bits per heavy atom. The summed E-state index contributed by atoms with van der Waals surface area (Å²) >= 11 is 3.45. The molecule has 0 bridgehead atoms. The normalized spacial score (nSPS) is 21.8. The van der Waals surface area contributed by atoms with Gasteiger partial charge >= 0.3 is 0 Å². The second-order valence-corrected chi connectivity index (χ2v) is 6.04. The largest absolute Gasteiger partial charge is 0.369 e. The van der Waals surface area contributed by atoms with Crippen LogP contribution in [0, 0.1) is 0 Å². The van der Waals surface area contributed by atoms with E-state index in [-0.39, 0.29) is 11.9 Å². The highest BCUT2D eigenvalue weighted by Gasteiger charge is 2.49. The molecule has 2 N–H and O–H groups in total. The number of benzene rings is 1. The van der Waals surface area contributed by atoms with Crippen molar-refractivity contribution in [2.75, 3.05) is 7.05 Å². The molecule has 0 saturated heterocycles. The number of guanidine groups is 1. The number of amides is 1. The molecule has 1 aliphatic heterocycles. The summed E-state index contributed by atoms with van der Waals surface area (Å²) in [5.41, 5.74) is 6.39. The number of likely N-dealkylation sites (N-methyl/N-ethyl adjacent to an activating group) is 1. The van der Waals surface area contributed by atoms with Crippen LogP contribution < -0.4 is 5.73 Å². The van der Waals surface area contributed by atoms with Crippen molar-refractivity contribution in [3.63, 3.8) is 0 Å². The van der Waals surface area contributed by atoms with Gasteiger partial charge in [-0.25, -0.2) is 4.99 Å². The number of hydrogen-bond acceptors (Lipinski definition) is 3. The van der Waals surface area contributed by atoms with Gasteiger partial charge in [0, 0.05) is 36.5 Å². The minimum atomic E-state index is -1.11. The van der Waals surface area contributed by atoms with Crippen LogP contribution in [0.25, 0.3) is 0 Å². The minimum absolute atomic E-state index is 0.149. The predicted molar refractivity (Wildman–Crippen MR) is 84.7 cm³/mol. The lowest BCUT2D eigenvalue weighted by molar-refractivity contribution is -0.129. The third-order valence-corrected chi connectivity index (χ3v) is 4.23. The monoisotopic (exact) mass is 346 g/mol. The summed E-state index contributed by atoms with van der Waals surface area (Å²) in [6, 6.07) is 9.50. The van der Waals surface area contributed by atoms with Gasteiger partial charge in [-0.05, 0) is 23.8 Å². The van der Waals surface area contributed by atoms with Gasteiger partial charge in [-0.1, -0.05) is 28.1 Å². The van der Waals surface area contributed by atoms with Crippen molar-refractivity contribution in [2.24, 2.45) is 17.8 Å². The Kier molecular flexibility index (Phi) is 3.13. The molecule has 1 aliphatic rings. The molecule has 1 amide bonds. The van der Waals surface area contributed by atoms with Crippen molar-refractivity contribution in [3.8, 4) is 0 Å². The summed E-state index contributed by atoms with van der Waals surface area (Å²) in [5.74, 6) is 0.0770. The maximum Gasteiger partial charge on any atom is 0.266 e. The van der Waals surface area contributed by atoms with E-state index in [1.165, 1.54) is 4.90 Å². The second-order valence-electron chi connectivity index (χ2n) is 5.12. The number of carbonyl (C=O) groups is 1. The van der Waals surface area contributed by atoms with Gasteiger partial charge < -0.3 is 10.3 Å². The molecule has 0 aliphatic carbocycles. The van der Waals surface area contributed by atoms with Gasteiger partial charge in [0.2, 0.25) is 0 Å². The Hall–Kier alpha value is -2.08. The van der Waals surface area contributed by atoms with Crippen LogP contribution in [0.3, 0.4) is 0 Å². The Morgan fingerprint density at radius 1 is 1.24 bits per heavy atom. The Bertz CT molecular complexity index is 752. The summed E-state index contributed by atoms with van der Waals surface area (Å²) in [5, 5.41) is 0. The molecule has 21 heavy (non-hydrogen) atoms. The topological polar surface area (TPSA) is 63.6 Å². The van der Waals surface area contributed by atoms with Crippen LogP contribution in [0.1, 0.15) is 11.1 Å². The summed E-state index contributed by atoms with van der Waals surface area (Å²) < 4.78 is 2.79. The minimum Gasteiger partial charge on any atom is -0.369 e. The first-order chi connectivity index (χ1) is 9.95. The van der Waals surface area contributed by atoms with Crippen molar-refractivity contribution in [3.05, 3.63) is 58.3 Å². The van der Waals surface area contributed by atoms with Crippen molar-refractivity contribution >= 4 is 27.8 Å². The highest BCUT2D eigenvalue weighted by molar-refractivity contribution is 9.10. The van der Waals surface area contributed by atoms with Crippen LogP contribution in [0.4, 0.5) is 0 Å². The molecule has 5 nitrogen and oxygen atoms in total. The maximum atomic E-state index is 12.9. The Balaban J connectivity index is 2.29. The average molecular weight is 347 g/mol. The molecular weight excluding hydrogens is 332 g/mol. The lowest BCUT2D eigenvalue weighted by Gasteiger charge is -2.25. The fraction of sp³-hybridized carbons (Fsp3) is 0.200. The van der Waals surface area contributed by atoms with E-state index in [9.17, 15) is 4.79 Å². The number of rotatable bonds is 2. The number of aliphatic imine (C=N–C) groups is 1. The van der Waals surface area contributed by atoms with E-state index in [4.69, 9.17) is 5.73 Å². The van der Waals surface area contributed by atoms with Crippen LogP contribution >= 0.6 is 15.9 Å². The van der Waals surface area contributed by atoms with Gasteiger partial charge in [0.05, 0.1) is 0 Å². The van der Waals surface area contributed by atoms with Gasteiger partial charge in [-0.15, -0.1) is 0 Å². The highest BCUT2D eigenvalue weighted by Crippen LogP contribution is 2.39. The fourth-order valence-electron chi connectivity index (χ4n) is 2.61.